The average molecular weight is 378 g/mol. The summed E-state index contributed by atoms with van der Waals surface area (Å²) in [5.41, 5.74) is 2.36. The van der Waals surface area contributed by atoms with Crippen molar-refractivity contribution >= 4 is 33.7 Å². The van der Waals surface area contributed by atoms with E-state index in [1.165, 1.54) is 7.11 Å². The van der Waals surface area contributed by atoms with Gasteiger partial charge in [0.2, 0.25) is 0 Å². The van der Waals surface area contributed by atoms with Gasteiger partial charge >= 0.3 is 12.1 Å². The fraction of sp³-hybridized carbons (Fsp3) is 0.176. The monoisotopic (exact) mass is 377 g/mol. The second-order valence-corrected chi connectivity index (χ2v) is 5.72. The Balaban J connectivity index is 2.08. The van der Waals surface area contributed by atoms with Crippen LogP contribution in [0.5, 0.6) is 0 Å². The Morgan fingerprint density at radius 1 is 1.17 bits per heavy atom. The van der Waals surface area contributed by atoms with E-state index in [1.807, 2.05) is 30.3 Å². The summed E-state index contributed by atoms with van der Waals surface area (Å²) in [6.45, 7) is 1.90. The number of amides is 1. The highest BCUT2D eigenvalue weighted by Gasteiger charge is 2.15. The Kier molecular flexibility index (Phi) is 5.76. The summed E-state index contributed by atoms with van der Waals surface area (Å²) >= 11 is 3.31. The van der Waals surface area contributed by atoms with Gasteiger partial charge in [-0.25, -0.2) is 9.59 Å². The van der Waals surface area contributed by atoms with Crippen LogP contribution in [0, 0.1) is 6.92 Å². The summed E-state index contributed by atoms with van der Waals surface area (Å²) in [5.74, 6) is -0.468. The highest BCUT2D eigenvalue weighted by molar-refractivity contribution is 9.10. The lowest BCUT2D eigenvalue weighted by atomic mass is 10.1. The number of methoxy groups -OCH3 is 1. The molecular formula is C17H16BrNO4. The normalized spacial score (nSPS) is 10.0. The second-order valence-electron chi connectivity index (χ2n) is 4.80. The maximum atomic E-state index is 11.9. The first kappa shape index (κ1) is 17.0. The number of ether oxygens (including phenoxy) is 2. The molecule has 0 saturated carbocycles. The van der Waals surface area contributed by atoms with Gasteiger partial charge in [0.25, 0.3) is 0 Å². The predicted octanol–water partition coefficient (Wildman–Crippen LogP) is 4.29. The van der Waals surface area contributed by atoms with Gasteiger partial charge in [-0.2, -0.15) is 0 Å². The molecule has 0 bridgehead atoms. The molecule has 0 aliphatic heterocycles. The van der Waals surface area contributed by atoms with Crippen LogP contribution in [0.4, 0.5) is 10.5 Å². The van der Waals surface area contributed by atoms with Crippen molar-refractivity contribution in [1.29, 1.82) is 0 Å². The van der Waals surface area contributed by atoms with Gasteiger partial charge in [0.15, 0.2) is 0 Å². The fourth-order valence-corrected chi connectivity index (χ4v) is 2.46. The highest BCUT2D eigenvalue weighted by Crippen LogP contribution is 2.26. The first-order chi connectivity index (χ1) is 11.0. The maximum Gasteiger partial charge on any atom is 0.411 e. The lowest BCUT2D eigenvalue weighted by Gasteiger charge is -2.13. The maximum absolute atomic E-state index is 11.9. The quantitative estimate of drug-likeness (QED) is 0.806. The first-order valence-corrected chi connectivity index (χ1v) is 7.66. The average Bonchev–Trinajstić information content (AvgIpc) is 2.56. The van der Waals surface area contributed by atoms with Gasteiger partial charge in [0.1, 0.15) is 6.61 Å². The molecule has 2 rings (SSSR count). The van der Waals surface area contributed by atoms with E-state index in [2.05, 4.69) is 21.2 Å². The molecule has 0 aromatic heterocycles. The number of rotatable bonds is 4. The lowest BCUT2D eigenvalue weighted by Crippen LogP contribution is -2.15. The molecule has 23 heavy (non-hydrogen) atoms. The number of hydrogen-bond acceptors (Lipinski definition) is 4. The van der Waals surface area contributed by atoms with Crippen molar-refractivity contribution < 1.29 is 19.1 Å². The third-order valence-electron chi connectivity index (χ3n) is 3.23. The predicted molar refractivity (Wildman–Crippen MR) is 90.5 cm³/mol. The molecule has 5 nitrogen and oxygen atoms in total. The highest BCUT2D eigenvalue weighted by atomic mass is 79.9. The number of halogens is 1. The lowest BCUT2D eigenvalue weighted by molar-refractivity contribution is 0.0599. The van der Waals surface area contributed by atoms with Crippen LogP contribution in [0.1, 0.15) is 21.5 Å². The summed E-state index contributed by atoms with van der Waals surface area (Å²) in [4.78, 5) is 23.7. The third kappa shape index (κ3) is 4.56. The van der Waals surface area contributed by atoms with Crippen LogP contribution >= 0.6 is 15.9 Å². The summed E-state index contributed by atoms with van der Waals surface area (Å²) < 4.78 is 10.6. The van der Waals surface area contributed by atoms with Gasteiger partial charge in [0, 0.05) is 10.2 Å². The van der Waals surface area contributed by atoms with E-state index >= 15 is 0 Å². The Bertz CT molecular complexity index is 716. The molecule has 1 N–H and O–H groups in total. The minimum Gasteiger partial charge on any atom is -0.465 e. The third-order valence-corrected chi connectivity index (χ3v) is 3.69. The van der Waals surface area contributed by atoms with Crippen LogP contribution in [-0.4, -0.2) is 19.2 Å². The molecule has 0 unspecified atom stereocenters. The molecule has 0 fully saturated rings. The minimum absolute atomic E-state index is 0.170. The molecule has 6 heteroatoms. The number of hydrogen-bond donors (Lipinski definition) is 1. The zero-order valence-corrected chi connectivity index (χ0v) is 14.3. The molecule has 0 atom stereocenters. The zero-order valence-electron chi connectivity index (χ0n) is 12.8. The number of carbonyl (C=O) groups is 2. The van der Waals surface area contributed by atoms with Crippen molar-refractivity contribution in [3.05, 3.63) is 63.6 Å². The van der Waals surface area contributed by atoms with Gasteiger partial charge in [0.05, 0.1) is 12.7 Å². The van der Waals surface area contributed by atoms with Crippen LogP contribution < -0.4 is 5.32 Å². The molecule has 0 radical (unpaired) electrons. The number of esters is 1. The van der Waals surface area contributed by atoms with Crippen molar-refractivity contribution in [3.63, 3.8) is 0 Å². The van der Waals surface area contributed by atoms with E-state index in [4.69, 9.17) is 9.47 Å². The second kappa shape index (κ2) is 7.78. The van der Waals surface area contributed by atoms with Crippen molar-refractivity contribution in [2.75, 3.05) is 12.4 Å². The summed E-state index contributed by atoms with van der Waals surface area (Å²) in [6.07, 6.45) is -0.592. The van der Waals surface area contributed by atoms with Gasteiger partial charge in [-0.15, -0.1) is 0 Å². The van der Waals surface area contributed by atoms with Crippen molar-refractivity contribution in [1.82, 2.24) is 0 Å². The molecule has 2 aromatic rings. The van der Waals surface area contributed by atoms with Crippen LogP contribution in [0.2, 0.25) is 0 Å². The summed E-state index contributed by atoms with van der Waals surface area (Å²) in [5, 5.41) is 2.64. The van der Waals surface area contributed by atoms with E-state index in [-0.39, 0.29) is 6.61 Å². The molecule has 120 valence electrons. The minimum atomic E-state index is -0.592. The van der Waals surface area contributed by atoms with Gasteiger partial charge < -0.3 is 9.47 Å². The van der Waals surface area contributed by atoms with Crippen LogP contribution in [0.15, 0.2) is 46.9 Å². The molecule has 0 aliphatic carbocycles. The Hall–Kier alpha value is -2.34. The molecule has 2 aromatic carbocycles. The Morgan fingerprint density at radius 3 is 2.52 bits per heavy atom. The van der Waals surface area contributed by atoms with Crippen LogP contribution in [-0.2, 0) is 16.1 Å². The van der Waals surface area contributed by atoms with E-state index < -0.39 is 12.1 Å². The van der Waals surface area contributed by atoms with Crippen molar-refractivity contribution in [2.45, 2.75) is 13.5 Å². The van der Waals surface area contributed by atoms with Gasteiger partial charge in [-0.3, -0.25) is 5.32 Å². The first-order valence-electron chi connectivity index (χ1n) is 6.87. The number of carbonyl (C=O) groups excluding carboxylic acids is 2. The van der Waals surface area contributed by atoms with Crippen LogP contribution in [0.3, 0.4) is 0 Å². The number of anilines is 1. The standard InChI is InChI=1S/C17H16BrNO4/c1-11-14(16(20)22-2)8-13(18)9-15(11)19-17(21)23-10-12-6-4-3-5-7-12/h3-9H,10H2,1-2H3,(H,19,21). The molecule has 1 amide bonds. The Morgan fingerprint density at radius 2 is 1.87 bits per heavy atom. The topological polar surface area (TPSA) is 64.6 Å². The molecule has 0 aliphatic rings. The van der Waals surface area contributed by atoms with E-state index in [1.54, 1.807) is 19.1 Å². The van der Waals surface area contributed by atoms with E-state index in [0.717, 1.165) is 5.56 Å². The van der Waals surface area contributed by atoms with E-state index in [9.17, 15) is 9.59 Å². The number of benzene rings is 2. The Labute approximate surface area is 142 Å². The van der Waals surface area contributed by atoms with Crippen molar-refractivity contribution in [3.8, 4) is 0 Å². The smallest absolute Gasteiger partial charge is 0.411 e. The summed E-state index contributed by atoms with van der Waals surface area (Å²) in [6, 6.07) is 12.7. The molecule has 0 saturated heterocycles. The van der Waals surface area contributed by atoms with Crippen molar-refractivity contribution in [2.24, 2.45) is 0 Å². The fourth-order valence-electron chi connectivity index (χ4n) is 2.00. The molecule has 0 spiro atoms. The largest absolute Gasteiger partial charge is 0.465 e. The molecule has 0 heterocycles. The zero-order chi connectivity index (χ0) is 16.8. The van der Waals surface area contributed by atoms with Crippen LogP contribution in [0.25, 0.3) is 0 Å². The SMILES string of the molecule is COC(=O)c1cc(Br)cc(NC(=O)OCc2ccccc2)c1C. The summed E-state index contributed by atoms with van der Waals surface area (Å²) in [7, 11) is 1.31. The van der Waals surface area contributed by atoms with Gasteiger partial charge in [-0.1, -0.05) is 46.3 Å². The van der Waals surface area contributed by atoms with E-state index in [0.29, 0.717) is 21.3 Å². The van der Waals surface area contributed by atoms with Gasteiger partial charge in [-0.05, 0) is 30.2 Å². The molecular weight excluding hydrogens is 362 g/mol. The number of nitrogens with one attached hydrogen (secondary N) is 1.